The maximum absolute atomic E-state index is 12.9. The van der Waals surface area contributed by atoms with Gasteiger partial charge in [0.1, 0.15) is 11.8 Å². The van der Waals surface area contributed by atoms with Crippen LogP contribution in [0.5, 0.6) is 5.75 Å². The summed E-state index contributed by atoms with van der Waals surface area (Å²) in [5.41, 5.74) is 3.33. The quantitative estimate of drug-likeness (QED) is 0.391. The molecule has 2 amide bonds. The average molecular weight is 466 g/mol. The van der Waals surface area contributed by atoms with Crippen LogP contribution >= 0.6 is 11.6 Å². The van der Waals surface area contributed by atoms with Crippen LogP contribution in [-0.4, -0.2) is 38.1 Å². The molecule has 7 heteroatoms. The van der Waals surface area contributed by atoms with E-state index in [1.807, 2.05) is 55.5 Å². The van der Waals surface area contributed by atoms with Crippen LogP contribution in [0.2, 0.25) is 5.02 Å². The fourth-order valence-electron chi connectivity index (χ4n) is 3.32. The molecule has 3 N–H and O–H groups in total. The molecule has 33 heavy (non-hydrogen) atoms. The molecule has 3 aromatic rings. The lowest BCUT2D eigenvalue weighted by atomic mass is 10.0. The number of halogens is 1. The molecule has 172 valence electrons. The summed E-state index contributed by atoms with van der Waals surface area (Å²) < 4.78 is 5.15. The number of methoxy groups -OCH3 is 1. The van der Waals surface area contributed by atoms with Crippen molar-refractivity contribution in [2.45, 2.75) is 19.4 Å². The Labute approximate surface area is 199 Å². The van der Waals surface area contributed by atoms with Gasteiger partial charge in [0.2, 0.25) is 5.91 Å². The zero-order chi connectivity index (χ0) is 23.6. The van der Waals surface area contributed by atoms with Gasteiger partial charge in [-0.1, -0.05) is 41.4 Å². The van der Waals surface area contributed by atoms with Gasteiger partial charge in [-0.2, -0.15) is 0 Å². The third-order valence-electron chi connectivity index (χ3n) is 5.10. The van der Waals surface area contributed by atoms with E-state index in [2.05, 4.69) is 16.0 Å². The van der Waals surface area contributed by atoms with E-state index in [1.54, 1.807) is 31.4 Å². The number of aryl methyl sites for hydroxylation is 1. The number of anilines is 1. The molecule has 0 saturated heterocycles. The minimum Gasteiger partial charge on any atom is -0.497 e. The monoisotopic (exact) mass is 465 g/mol. The van der Waals surface area contributed by atoms with Crippen molar-refractivity contribution in [2.75, 3.05) is 25.5 Å². The predicted molar refractivity (Wildman–Crippen MR) is 132 cm³/mol. The molecule has 0 heterocycles. The summed E-state index contributed by atoms with van der Waals surface area (Å²) in [5, 5.41) is 9.65. The number of nitrogens with one attached hydrogen (secondary N) is 3. The Morgan fingerprint density at radius 1 is 0.970 bits per heavy atom. The van der Waals surface area contributed by atoms with Crippen molar-refractivity contribution < 1.29 is 14.3 Å². The molecule has 0 aromatic heterocycles. The molecule has 0 aliphatic carbocycles. The van der Waals surface area contributed by atoms with Crippen molar-refractivity contribution in [3.8, 4) is 5.75 Å². The maximum atomic E-state index is 12.9. The first-order valence-corrected chi connectivity index (χ1v) is 11.1. The minimum absolute atomic E-state index is 0.248. The number of carbonyl (C=O) groups excluding carboxylic acids is 2. The lowest BCUT2D eigenvalue weighted by molar-refractivity contribution is -0.122. The third kappa shape index (κ3) is 7.54. The number of carbonyl (C=O) groups is 2. The minimum atomic E-state index is -0.722. The summed E-state index contributed by atoms with van der Waals surface area (Å²) in [4.78, 5) is 25.7. The van der Waals surface area contributed by atoms with Crippen LogP contribution in [0.1, 0.15) is 21.5 Å². The zero-order valence-electron chi connectivity index (χ0n) is 18.7. The zero-order valence-corrected chi connectivity index (χ0v) is 19.5. The molecule has 0 radical (unpaired) electrons. The third-order valence-corrected chi connectivity index (χ3v) is 5.35. The van der Waals surface area contributed by atoms with Crippen molar-refractivity contribution in [1.82, 2.24) is 10.6 Å². The number of hydrogen-bond donors (Lipinski definition) is 3. The Morgan fingerprint density at radius 2 is 1.70 bits per heavy atom. The van der Waals surface area contributed by atoms with E-state index < -0.39 is 6.04 Å². The van der Waals surface area contributed by atoms with Gasteiger partial charge in [0.05, 0.1) is 7.11 Å². The molecule has 0 aliphatic rings. The van der Waals surface area contributed by atoms with Gasteiger partial charge in [-0.3, -0.25) is 9.59 Å². The second kappa shape index (κ2) is 11.9. The van der Waals surface area contributed by atoms with E-state index in [-0.39, 0.29) is 11.8 Å². The van der Waals surface area contributed by atoms with Crippen LogP contribution < -0.4 is 20.7 Å². The van der Waals surface area contributed by atoms with Gasteiger partial charge in [0.15, 0.2) is 0 Å². The van der Waals surface area contributed by atoms with Gasteiger partial charge in [-0.05, 0) is 61.0 Å². The van der Waals surface area contributed by atoms with Crippen LogP contribution in [-0.2, 0) is 11.2 Å². The van der Waals surface area contributed by atoms with Gasteiger partial charge >= 0.3 is 0 Å². The molecule has 0 fully saturated rings. The Kier molecular flexibility index (Phi) is 8.72. The highest BCUT2D eigenvalue weighted by atomic mass is 35.5. The van der Waals surface area contributed by atoms with Crippen molar-refractivity contribution in [3.63, 3.8) is 0 Å². The maximum Gasteiger partial charge on any atom is 0.251 e. The highest BCUT2D eigenvalue weighted by Crippen LogP contribution is 2.15. The molecule has 0 saturated carbocycles. The van der Waals surface area contributed by atoms with Crippen LogP contribution in [0.4, 0.5) is 5.69 Å². The lowest BCUT2D eigenvalue weighted by Crippen LogP contribution is -2.48. The highest BCUT2D eigenvalue weighted by molar-refractivity contribution is 6.30. The van der Waals surface area contributed by atoms with E-state index in [0.717, 1.165) is 22.6 Å². The Morgan fingerprint density at radius 3 is 2.36 bits per heavy atom. The van der Waals surface area contributed by atoms with Gasteiger partial charge in [-0.25, -0.2) is 0 Å². The first-order valence-electron chi connectivity index (χ1n) is 10.7. The number of rotatable bonds is 10. The molecule has 3 aromatic carbocycles. The smallest absolute Gasteiger partial charge is 0.251 e. The predicted octanol–water partition coefficient (Wildman–Crippen LogP) is 4.23. The Balaban J connectivity index is 1.60. The fourth-order valence-corrected chi connectivity index (χ4v) is 3.44. The second-order valence-electron chi connectivity index (χ2n) is 7.67. The highest BCUT2D eigenvalue weighted by Gasteiger charge is 2.22. The second-order valence-corrected chi connectivity index (χ2v) is 8.11. The van der Waals surface area contributed by atoms with Crippen LogP contribution in [0, 0.1) is 6.92 Å². The normalized spacial score (nSPS) is 11.4. The first kappa shape index (κ1) is 24.1. The van der Waals surface area contributed by atoms with Crippen molar-refractivity contribution >= 4 is 29.1 Å². The van der Waals surface area contributed by atoms with Crippen molar-refractivity contribution in [1.29, 1.82) is 0 Å². The topological polar surface area (TPSA) is 79.5 Å². The summed E-state index contributed by atoms with van der Waals surface area (Å²) in [5.74, 6) is 0.245. The van der Waals surface area contributed by atoms with E-state index in [0.29, 0.717) is 30.1 Å². The number of ether oxygens (including phenoxy) is 1. The SMILES string of the molecule is COc1ccc(NCCNC(=O)C(Cc2ccc(Cl)cc2)NC(=O)c2cccc(C)c2)cc1. The molecule has 3 rings (SSSR count). The molecule has 0 bridgehead atoms. The Hall–Kier alpha value is -3.51. The van der Waals surface area contributed by atoms with Gasteiger partial charge < -0.3 is 20.7 Å². The molecule has 0 spiro atoms. The first-order chi connectivity index (χ1) is 15.9. The Bertz CT molecular complexity index is 1070. The van der Waals surface area contributed by atoms with Crippen molar-refractivity contribution in [2.24, 2.45) is 0 Å². The van der Waals surface area contributed by atoms with E-state index in [1.165, 1.54) is 0 Å². The van der Waals surface area contributed by atoms with E-state index in [9.17, 15) is 9.59 Å². The summed E-state index contributed by atoms with van der Waals surface area (Å²) in [6.07, 6.45) is 0.354. The van der Waals surface area contributed by atoms with Crippen LogP contribution in [0.3, 0.4) is 0 Å². The number of hydrogen-bond acceptors (Lipinski definition) is 4. The number of benzene rings is 3. The average Bonchev–Trinajstić information content (AvgIpc) is 2.83. The van der Waals surface area contributed by atoms with Crippen LogP contribution in [0.25, 0.3) is 0 Å². The van der Waals surface area contributed by atoms with Crippen molar-refractivity contribution in [3.05, 3.63) is 94.5 Å². The molecular formula is C26H28ClN3O3. The lowest BCUT2D eigenvalue weighted by Gasteiger charge is -2.19. The van der Waals surface area contributed by atoms with E-state index in [4.69, 9.17) is 16.3 Å². The molecular weight excluding hydrogens is 438 g/mol. The molecule has 1 atom stereocenters. The van der Waals surface area contributed by atoms with Gasteiger partial charge in [0, 0.05) is 35.8 Å². The fraction of sp³-hybridized carbons (Fsp3) is 0.231. The summed E-state index contributed by atoms with van der Waals surface area (Å²) >= 11 is 5.98. The number of amides is 2. The van der Waals surface area contributed by atoms with Gasteiger partial charge in [-0.15, -0.1) is 0 Å². The standard InChI is InChI=1S/C26H28ClN3O3/c1-18-4-3-5-20(16-18)25(31)30-24(17-19-6-8-21(27)9-7-19)26(32)29-15-14-28-22-10-12-23(33-2)13-11-22/h3-13,16,24,28H,14-15,17H2,1-2H3,(H,29,32)(H,30,31). The summed E-state index contributed by atoms with van der Waals surface area (Å²) in [6, 6.07) is 21.4. The molecule has 0 aliphatic heterocycles. The van der Waals surface area contributed by atoms with Crippen LogP contribution in [0.15, 0.2) is 72.8 Å². The summed E-state index contributed by atoms with van der Waals surface area (Å²) in [7, 11) is 1.62. The largest absolute Gasteiger partial charge is 0.497 e. The summed E-state index contributed by atoms with van der Waals surface area (Å²) in [6.45, 7) is 2.87. The molecule has 6 nitrogen and oxygen atoms in total. The van der Waals surface area contributed by atoms with E-state index >= 15 is 0 Å². The van der Waals surface area contributed by atoms with Gasteiger partial charge in [0.25, 0.3) is 5.91 Å². The molecule has 1 unspecified atom stereocenters.